The van der Waals surface area contributed by atoms with Gasteiger partial charge in [0.25, 0.3) is 0 Å². The van der Waals surface area contributed by atoms with Crippen molar-refractivity contribution in [3.05, 3.63) is 22.7 Å². The number of carbonyl (C=O) groups is 1. The predicted molar refractivity (Wildman–Crippen MR) is 85.7 cm³/mol. The van der Waals surface area contributed by atoms with E-state index in [2.05, 4.69) is 4.98 Å². The number of nitrogens with two attached hydrogens (primary N) is 1. The second-order valence-electron chi connectivity index (χ2n) is 5.52. The number of nitrogens with zero attached hydrogens (tertiary/aromatic N) is 2. The van der Waals surface area contributed by atoms with Gasteiger partial charge in [0, 0.05) is 12.6 Å². The van der Waals surface area contributed by atoms with Crippen LogP contribution in [0, 0.1) is 0 Å². The van der Waals surface area contributed by atoms with Gasteiger partial charge >= 0.3 is 5.69 Å². The number of hydrogen-bond acceptors (Lipinski definition) is 11. The summed E-state index contributed by atoms with van der Waals surface area (Å²) in [5, 5.41) is 52.5. The lowest BCUT2D eigenvalue weighted by Crippen LogP contribution is -2.40. The van der Waals surface area contributed by atoms with Crippen molar-refractivity contribution in [3.63, 3.8) is 0 Å². The van der Waals surface area contributed by atoms with Crippen LogP contribution in [0.15, 0.2) is 17.1 Å². The van der Waals surface area contributed by atoms with Crippen LogP contribution < -0.4 is 11.4 Å². The van der Waals surface area contributed by atoms with Crippen LogP contribution in [0.4, 0.5) is 5.82 Å². The van der Waals surface area contributed by atoms with E-state index in [-0.39, 0.29) is 25.1 Å². The first kappa shape index (κ1) is 22.1. The number of carbonyl (C=O) groups excluding carboxylic acids is 1. The van der Waals surface area contributed by atoms with E-state index in [0.29, 0.717) is 0 Å². The maximum Gasteiger partial charge on any atom is 0.351 e. The molecule has 12 nitrogen and oxygen atoms in total. The molecule has 0 amide bonds. The third kappa shape index (κ3) is 5.81. The molecule has 0 spiro atoms. The minimum atomic E-state index is -1.64. The fourth-order valence-corrected chi connectivity index (χ4v) is 2.11. The van der Waals surface area contributed by atoms with Crippen LogP contribution in [-0.2, 0) is 9.53 Å². The molecule has 2 heterocycles. The second-order valence-corrected chi connectivity index (χ2v) is 5.52. The molecule has 26 heavy (non-hydrogen) atoms. The first-order chi connectivity index (χ1) is 12.2. The Hall–Kier alpha value is -1.93. The number of nitrogen functional groups attached to an aromatic ring is 1. The van der Waals surface area contributed by atoms with Gasteiger partial charge in [-0.05, 0) is 6.07 Å². The first-order valence-corrected chi connectivity index (χ1v) is 7.64. The summed E-state index contributed by atoms with van der Waals surface area (Å²) in [6.07, 6.45) is -4.96. The molecule has 0 aromatic carbocycles. The molecular weight excluding hydrogens is 354 g/mol. The smallest absolute Gasteiger partial charge is 0.351 e. The Balaban J connectivity index is 0.000000294. The number of aliphatic hydroxyl groups is 6. The highest BCUT2D eigenvalue weighted by Gasteiger charge is 2.34. The van der Waals surface area contributed by atoms with Crippen molar-refractivity contribution in [1.82, 2.24) is 9.55 Å². The number of anilines is 1. The topological polar surface area (TPSA) is 209 Å². The molecule has 12 heteroatoms. The van der Waals surface area contributed by atoms with E-state index in [1.807, 2.05) is 0 Å². The zero-order valence-corrected chi connectivity index (χ0v) is 13.7. The van der Waals surface area contributed by atoms with Crippen molar-refractivity contribution in [1.29, 1.82) is 0 Å². The number of aliphatic hydroxyl groups excluding tert-OH is 6. The monoisotopic (exact) mass is 377 g/mol. The molecule has 2 rings (SSSR count). The highest BCUT2D eigenvalue weighted by molar-refractivity contribution is 5.56. The summed E-state index contributed by atoms with van der Waals surface area (Å²) >= 11 is 0. The highest BCUT2D eigenvalue weighted by Crippen LogP contribution is 2.27. The third-order valence-corrected chi connectivity index (χ3v) is 3.62. The number of aromatic nitrogens is 2. The summed E-state index contributed by atoms with van der Waals surface area (Å²) in [5.74, 6) is 0.138. The fourth-order valence-electron chi connectivity index (χ4n) is 2.11. The van der Waals surface area contributed by atoms with Crippen molar-refractivity contribution < 1.29 is 40.2 Å². The van der Waals surface area contributed by atoms with Gasteiger partial charge in [0.15, 0.2) is 6.29 Å². The lowest BCUT2D eigenvalue weighted by molar-refractivity contribution is -0.127. The number of hydrogen-bond donors (Lipinski definition) is 7. The lowest BCUT2D eigenvalue weighted by Gasteiger charge is -2.16. The second kappa shape index (κ2) is 10.3. The van der Waals surface area contributed by atoms with Crippen molar-refractivity contribution in [2.75, 3.05) is 18.9 Å². The summed E-state index contributed by atoms with van der Waals surface area (Å²) < 4.78 is 6.56. The molecule has 8 N–H and O–H groups in total. The van der Waals surface area contributed by atoms with Crippen molar-refractivity contribution in [2.24, 2.45) is 0 Å². The minimum absolute atomic E-state index is 0.0869. The summed E-state index contributed by atoms with van der Waals surface area (Å²) in [7, 11) is 0. The maximum absolute atomic E-state index is 11.5. The number of ether oxygens (including phenoxy) is 1. The summed E-state index contributed by atoms with van der Waals surface area (Å²) in [4.78, 5) is 24.8. The Labute approximate surface area is 147 Å². The van der Waals surface area contributed by atoms with E-state index < -0.39 is 49.0 Å². The molecule has 148 valence electrons. The van der Waals surface area contributed by atoms with Gasteiger partial charge in [0.2, 0.25) is 0 Å². The molecular formula is C14H23N3O9. The van der Waals surface area contributed by atoms with Crippen LogP contribution in [0.25, 0.3) is 0 Å². The van der Waals surface area contributed by atoms with E-state index in [4.69, 9.17) is 36.0 Å². The third-order valence-electron chi connectivity index (χ3n) is 3.62. The number of aldehydes is 1. The van der Waals surface area contributed by atoms with Crippen LogP contribution >= 0.6 is 0 Å². The molecule has 1 aliphatic rings. The van der Waals surface area contributed by atoms with Gasteiger partial charge < -0.3 is 45.9 Å². The van der Waals surface area contributed by atoms with Gasteiger partial charge in [-0.15, -0.1) is 0 Å². The SMILES string of the molecule is Nc1ccn([C@H]2C[C@H](O)[C@@H](CO)O2)c(=O)n1.O=C[C@H](O)[C@H](O)[C@H](O)CO. The average Bonchev–Trinajstić information content (AvgIpc) is 3.00. The molecule has 1 aliphatic heterocycles. The minimum Gasteiger partial charge on any atom is -0.394 e. The quantitative estimate of drug-likeness (QED) is 0.236. The normalized spacial score (nSPS) is 25.7. The molecule has 1 saturated heterocycles. The van der Waals surface area contributed by atoms with E-state index in [1.165, 1.54) is 16.8 Å². The van der Waals surface area contributed by atoms with Gasteiger partial charge in [-0.3, -0.25) is 4.57 Å². The van der Waals surface area contributed by atoms with Crippen LogP contribution in [0.5, 0.6) is 0 Å². The van der Waals surface area contributed by atoms with Crippen molar-refractivity contribution in [3.8, 4) is 0 Å². The Morgan fingerprint density at radius 3 is 2.50 bits per heavy atom. The average molecular weight is 377 g/mol. The molecule has 0 saturated carbocycles. The molecule has 0 radical (unpaired) electrons. The molecule has 1 fully saturated rings. The van der Waals surface area contributed by atoms with Gasteiger partial charge in [-0.2, -0.15) is 4.98 Å². The van der Waals surface area contributed by atoms with Gasteiger partial charge in [0.1, 0.15) is 36.5 Å². The maximum atomic E-state index is 11.5. The summed E-state index contributed by atoms with van der Waals surface area (Å²) in [6, 6.07) is 1.48. The lowest BCUT2D eigenvalue weighted by atomic mass is 10.1. The molecule has 0 bridgehead atoms. The molecule has 0 aliphatic carbocycles. The number of rotatable bonds is 6. The van der Waals surface area contributed by atoms with Crippen LogP contribution in [0.2, 0.25) is 0 Å². The standard InChI is InChI=1S/C9H13N3O4.C5H10O5/c10-7-1-2-12(9(15)11-7)8-3-5(14)6(4-13)16-8;6-1-3(8)5(10)4(9)2-7/h1-2,5-6,8,13-14H,3-4H2,(H2,10,11,15);1,3-5,7-10H,2H2/t5-,6+,8+;3-,4+,5-/m00/s1. The Morgan fingerprint density at radius 2 is 2.04 bits per heavy atom. The zero-order chi connectivity index (χ0) is 19.9. The Kier molecular flexibility index (Phi) is 8.74. The first-order valence-electron chi connectivity index (χ1n) is 7.64. The summed E-state index contributed by atoms with van der Waals surface area (Å²) in [5.41, 5.74) is 4.82. The molecule has 6 atom stereocenters. The fraction of sp³-hybridized carbons (Fsp3) is 0.643. The van der Waals surface area contributed by atoms with Crippen LogP contribution in [-0.4, -0.2) is 90.2 Å². The van der Waals surface area contributed by atoms with Crippen LogP contribution in [0.3, 0.4) is 0 Å². The Morgan fingerprint density at radius 1 is 1.38 bits per heavy atom. The van der Waals surface area contributed by atoms with Gasteiger partial charge in [-0.25, -0.2) is 4.79 Å². The van der Waals surface area contributed by atoms with E-state index in [1.54, 1.807) is 0 Å². The van der Waals surface area contributed by atoms with Crippen LogP contribution in [0.1, 0.15) is 12.6 Å². The largest absolute Gasteiger partial charge is 0.394 e. The van der Waals surface area contributed by atoms with Crippen molar-refractivity contribution >= 4 is 12.1 Å². The zero-order valence-electron chi connectivity index (χ0n) is 13.7. The van der Waals surface area contributed by atoms with Crippen molar-refractivity contribution in [2.45, 2.75) is 43.2 Å². The highest BCUT2D eigenvalue weighted by atomic mass is 16.5. The predicted octanol–water partition coefficient (Wildman–Crippen LogP) is -4.27. The van der Waals surface area contributed by atoms with Gasteiger partial charge in [0.05, 0.1) is 19.3 Å². The molecule has 1 aromatic heterocycles. The molecule has 1 aromatic rings. The van der Waals surface area contributed by atoms with E-state index in [9.17, 15) is 14.7 Å². The summed E-state index contributed by atoms with van der Waals surface area (Å²) in [6.45, 7) is -0.971. The van der Waals surface area contributed by atoms with Gasteiger partial charge in [-0.1, -0.05) is 0 Å². The van der Waals surface area contributed by atoms with E-state index >= 15 is 0 Å². The Bertz CT molecular complexity index is 626. The van der Waals surface area contributed by atoms with E-state index in [0.717, 1.165) is 0 Å². The molecule has 0 unspecified atom stereocenters.